The third kappa shape index (κ3) is 4.94. The van der Waals surface area contributed by atoms with Gasteiger partial charge in [0.05, 0.1) is 11.6 Å². The van der Waals surface area contributed by atoms with E-state index in [1.165, 1.54) is 49.7 Å². The molecule has 176 valence electrons. The summed E-state index contributed by atoms with van der Waals surface area (Å²) in [5.74, 6) is 0.912. The zero-order valence-corrected chi connectivity index (χ0v) is 21.9. The Morgan fingerprint density at radius 3 is 1.83 bits per heavy atom. The van der Waals surface area contributed by atoms with Crippen molar-refractivity contribution in [1.29, 1.82) is 0 Å². The van der Waals surface area contributed by atoms with Crippen LogP contribution >= 0.6 is 11.8 Å². The van der Waals surface area contributed by atoms with Gasteiger partial charge in [0, 0.05) is 10.6 Å². The number of thioether (sulfide) groups is 1. The van der Waals surface area contributed by atoms with Crippen molar-refractivity contribution < 1.29 is 0 Å². The van der Waals surface area contributed by atoms with Gasteiger partial charge in [-0.3, -0.25) is 0 Å². The van der Waals surface area contributed by atoms with E-state index in [2.05, 4.69) is 136 Å². The molecule has 0 atom stereocenters. The maximum absolute atomic E-state index is 2.47. The lowest BCUT2D eigenvalue weighted by molar-refractivity contribution is 0.590. The molecular weight excluding hydrogens is 442 g/mol. The van der Waals surface area contributed by atoms with Crippen LogP contribution in [0.4, 0.5) is 5.69 Å². The Bertz CT molecular complexity index is 1310. The molecule has 0 aliphatic carbocycles. The van der Waals surface area contributed by atoms with Crippen LogP contribution in [0.5, 0.6) is 0 Å². The molecule has 1 nitrogen and oxygen atoms in total. The molecule has 0 amide bonds. The minimum atomic E-state index is 0.151. The first-order chi connectivity index (χ1) is 16.9. The summed E-state index contributed by atoms with van der Waals surface area (Å²) in [6.45, 7) is 9.02. The Labute approximate surface area is 214 Å². The maximum atomic E-state index is 2.47. The fourth-order valence-corrected chi connectivity index (χ4v) is 5.78. The van der Waals surface area contributed by atoms with E-state index in [0.29, 0.717) is 0 Å². The normalized spacial score (nSPS) is 14.0. The van der Waals surface area contributed by atoms with E-state index < -0.39 is 0 Å². The van der Waals surface area contributed by atoms with Gasteiger partial charge in [-0.1, -0.05) is 119 Å². The van der Waals surface area contributed by atoms with E-state index in [4.69, 9.17) is 0 Å². The van der Waals surface area contributed by atoms with Crippen LogP contribution in [-0.4, -0.2) is 5.88 Å². The predicted octanol–water partition coefficient (Wildman–Crippen LogP) is 9.25. The van der Waals surface area contributed by atoms with Gasteiger partial charge in [0.15, 0.2) is 0 Å². The van der Waals surface area contributed by atoms with Gasteiger partial charge in [0.1, 0.15) is 0 Å². The lowest BCUT2D eigenvalue weighted by atomic mass is 9.87. The molecule has 5 rings (SSSR count). The first kappa shape index (κ1) is 23.5. The summed E-state index contributed by atoms with van der Waals surface area (Å²) >= 11 is 1.93. The molecule has 1 aliphatic rings. The van der Waals surface area contributed by atoms with Crippen LogP contribution in [0.15, 0.2) is 103 Å². The van der Waals surface area contributed by atoms with Crippen molar-refractivity contribution in [2.45, 2.75) is 39.5 Å². The van der Waals surface area contributed by atoms with Gasteiger partial charge in [-0.05, 0) is 57.3 Å². The van der Waals surface area contributed by atoms with Gasteiger partial charge < -0.3 is 4.90 Å². The first-order valence-corrected chi connectivity index (χ1v) is 13.4. The van der Waals surface area contributed by atoms with Crippen molar-refractivity contribution in [3.63, 3.8) is 0 Å². The number of rotatable bonds is 5. The summed E-state index contributed by atoms with van der Waals surface area (Å²) in [6, 6.07) is 37.9. The highest BCUT2D eigenvalue weighted by Gasteiger charge is 2.27. The number of hydrogen-bond acceptors (Lipinski definition) is 2. The van der Waals surface area contributed by atoms with Crippen molar-refractivity contribution >= 4 is 28.1 Å². The Hall–Kier alpha value is -3.23. The topological polar surface area (TPSA) is 3.24 Å². The maximum Gasteiger partial charge on any atom is 0.0736 e. The van der Waals surface area contributed by atoms with E-state index in [-0.39, 0.29) is 5.41 Å². The van der Waals surface area contributed by atoms with Gasteiger partial charge >= 0.3 is 0 Å². The van der Waals surface area contributed by atoms with Gasteiger partial charge in [-0.2, -0.15) is 0 Å². The third-order valence-electron chi connectivity index (χ3n) is 6.76. The number of anilines is 1. The summed E-state index contributed by atoms with van der Waals surface area (Å²) in [6.07, 6.45) is 1.06. The average Bonchev–Trinajstić information content (AvgIpc) is 3.34. The standard InChI is InChI=1S/C33H33NS/c1-5-24-11-13-27(14-12-24)31-32(28-17-15-26(16-18-28)25-9-7-6-8-10-25)35-23-34(31)30-21-19-29(20-22-30)33(2,3)4/h6-22H,5,23H2,1-4H3. The van der Waals surface area contributed by atoms with Crippen LogP contribution in [0.25, 0.3) is 21.7 Å². The van der Waals surface area contributed by atoms with E-state index in [1.54, 1.807) is 0 Å². The van der Waals surface area contributed by atoms with Crippen molar-refractivity contribution in [1.82, 2.24) is 0 Å². The smallest absolute Gasteiger partial charge is 0.0736 e. The van der Waals surface area contributed by atoms with Crippen molar-refractivity contribution in [2.24, 2.45) is 0 Å². The summed E-state index contributed by atoms with van der Waals surface area (Å²) in [5.41, 5.74) is 10.5. The SMILES string of the molecule is CCc1ccc(C2=C(c3ccc(-c4ccccc4)cc3)SCN2c2ccc(C(C)(C)C)cc2)cc1. The van der Waals surface area contributed by atoms with E-state index in [0.717, 1.165) is 12.3 Å². The highest BCUT2D eigenvalue weighted by molar-refractivity contribution is 8.09. The fourth-order valence-electron chi connectivity index (χ4n) is 4.58. The van der Waals surface area contributed by atoms with Gasteiger partial charge in [0.25, 0.3) is 0 Å². The molecule has 0 radical (unpaired) electrons. The van der Waals surface area contributed by atoms with Crippen LogP contribution < -0.4 is 4.90 Å². The van der Waals surface area contributed by atoms with Gasteiger partial charge in [-0.25, -0.2) is 0 Å². The molecule has 1 aliphatic heterocycles. The quantitative estimate of drug-likeness (QED) is 0.283. The highest BCUT2D eigenvalue weighted by Crippen LogP contribution is 2.46. The molecule has 4 aromatic rings. The molecule has 4 aromatic carbocycles. The van der Waals surface area contributed by atoms with E-state index >= 15 is 0 Å². The minimum absolute atomic E-state index is 0.151. The van der Waals surface area contributed by atoms with Crippen LogP contribution in [0.2, 0.25) is 0 Å². The third-order valence-corrected chi connectivity index (χ3v) is 7.86. The van der Waals surface area contributed by atoms with Crippen molar-refractivity contribution in [3.8, 4) is 11.1 Å². The molecule has 0 saturated carbocycles. The fraction of sp³-hybridized carbons (Fsp3) is 0.212. The molecular formula is C33H33NS. The zero-order valence-electron chi connectivity index (χ0n) is 21.1. The van der Waals surface area contributed by atoms with Crippen LogP contribution in [0.3, 0.4) is 0 Å². The summed E-state index contributed by atoms with van der Waals surface area (Å²) < 4.78 is 0. The monoisotopic (exact) mass is 475 g/mol. The van der Waals surface area contributed by atoms with E-state index in [9.17, 15) is 0 Å². The summed E-state index contributed by atoms with van der Waals surface area (Å²) in [4.78, 5) is 3.81. The predicted molar refractivity (Wildman–Crippen MR) is 155 cm³/mol. The second-order valence-corrected chi connectivity index (χ2v) is 11.1. The van der Waals surface area contributed by atoms with Gasteiger partial charge in [0.2, 0.25) is 0 Å². The molecule has 0 aromatic heterocycles. The number of aryl methyl sites for hydroxylation is 1. The second-order valence-electron chi connectivity index (χ2n) is 10.2. The highest BCUT2D eigenvalue weighted by atomic mass is 32.2. The lowest BCUT2D eigenvalue weighted by Gasteiger charge is -2.25. The molecule has 0 saturated heterocycles. The molecule has 0 spiro atoms. The van der Waals surface area contributed by atoms with Crippen LogP contribution in [-0.2, 0) is 11.8 Å². The molecule has 1 heterocycles. The van der Waals surface area contributed by atoms with Crippen molar-refractivity contribution in [3.05, 3.63) is 125 Å². The molecule has 0 fully saturated rings. The molecule has 0 bridgehead atoms. The second kappa shape index (κ2) is 9.79. The van der Waals surface area contributed by atoms with E-state index in [1.807, 2.05) is 11.8 Å². The Kier molecular flexibility index (Phi) is 6.58. The lowest BCUT2D eigenvalue weighted by Crippen LogP contribution is -2.18. The van der Waals surface area contributed by atoms with Crippen LogP contribution in [0.1, 0.15) is 49.9 Å². The Balaban J connectivity index is 1.56. The number of nitrogens with zero attached hydrogens (tertiary/aromatic N) is 1. The summed E-state index contributed by atoms with van der Waals surface area (Å²) in [7, 11) is 0. The molecule has 0 N–H and O–H groups in total. The number of hydrogen-bond donors (Lipinski definition) is 0. The Morgan fingerprint density at radius 1 is 0.657 bits per heavy atom. The average molecular weight is 476 g/mol. The molecule has 35 heavy (non-hydrogen) atoms. The van der Waals surface area contributed by atoms with Crippen LogP contribution in [0, 0.1) is 0 Å². The number of benzene rings is 4. The zero-order chi connectivity index (χ0) is 24.4. The largest absolute Gasteiger partial charge is 0.330 e. The molecule has 0 unspecified atom stereocenters. The van der Waals surface area contributed by atoms with Crippen molar-refractivity contribution in [2.75, 3.05) is 10.8 Å². The first-order valence-electron chi connectivity index (χ1n) is 12.4. The Morgan fingerprint density at radius 2 is 1.23 bits per heavy atom. The van der Waals surface area contributed by atoms with Gasteiger partial charge in [-0.15, -0.1) is 11.8 Å². The summed E-state index contributed by atoms with van der Waals surface area (Å²) in [5, 5.41) is 0. The molecule has 2 heteroatoms. The minimum Gasteiger partial charge on any atom is -0.330 e.